The van der Waals surface area contributed by atoms with E-state index in [9.17, 15) is 9.59 Å². The summed E-state index contributed by atoms with van der Waals surface area (Å²) in [7, 11) is 0. The Hall–Kier alpha value is -0.00805. The van der Waals surface area contributed by atoms with Gasteiger partial charge < -0.3 is 0 Å². The number of carbonyl (C=O) groups is 2. The maximum absolute atomic E-state index is 10.0. The summed E-state index contributed by atoms with van der Waals surface area (Å²) in [6, 6.07) is 0. The summed E-state index contributed by atoms with van der Waals surface area (Å²) in [5, 5.41) is 0. The van der Waals surface area contributed by atoms with Crippen molar-refractivity contribution in [1.29, 1.82) is 0 Å². The summed E-state index contributed by atoms with van der Waals surface area (Å²) < 4.78 is 17.2. The molecule has 0 bridgehead atoms. The van der Waals surface area contributed by atoms with Crippen molar-refractivity contribution >= 4 is 11.6 Å². The molecule has 0 N–H and O–H groups in total. The van der Waals surface area contributed by atoms with Crippen LogP contribution in [0.1, 0.15) is 20.3 Å². The van der Waals surface area contributed by atoms with Crippen LogP contribution in [0.5, 0.6) is 0 Å². The fourth-order valence-corrected chi connectivity index (χ4v) is 0.351. The van der Waals surface area contributed by atoms with Crippen molar-refractivity contribution in [2.45, 2.75) is 20.3 Å². The second-order valence-corrected chi connectivity index (χ2v) is 2.36. The summed E-state index contributed by atoms with van der Waals surface area (Å²) in [6.45, 7) is 2.81. The van der Waals surface area contributed by atoms with Gasteiger partial charge in [0, 0.05) is 0 Å². The molecule has 0 atom stereocenters. The number of Topliss-reactive ketones (excluding diaryl/α,β-unsaturated/α-hetero) is 2. The average molecular weight is 370 g/mol. The van der Waals surface area contributed by atoms with Crippen molar-refractivity contribution < 1.29 is 41.9 Å². The van der Waals surface area contributed by atoms with E-state index in [-0.39, 0.29) is 18.0 Å². The number of rotatable bonds is 2. The van der Waals surface area contributed by atoms with Gasteiger partial charge >= 0.3 is 32.3 Å². The first kappa shape index (κ1) is 12.6. The van der Waals surface area contributed by atoms with Gasteiger partial charge in [-0.3, -0.25) is 9.59 Å². The first-order valence-electron chi connectivity index (χ1n) is 2.52. The van der Waals surface area contributed by atoms with Crippen molar-refractivity contribution in [1.82, 2.24) is 0 Å². The molecule has 0 saturated carbocycles. The molecule has 10 heavy (non-hydrogen) atoms. The van der Waals surface area contributed by atoms with Crippen molar-refractivity contribution in [3.8, 4) is 0 Å². The molecule has 0 unspecified atom stereocenters. The molecule has 4 nitrogen and oxygen atoms in total. The Morgan fingerprint density at radius 1 is 1.10 bits per heavy atom. The predicted octanol–water partition coefficient (Wildman–Crippen LogP) is 0.317. The van der Waals surface area contributed by atoms with Crippen LogP contribution in [0.3, 0.4) is 0 Å². The number of hydrogen-bond acceptors (Lipinski definition) is 4. The average Bonchev–Trinajstić information content (AvgIpc) is 1.62. The molecule has 0 spiro atoms. The Morgan fingerprint density at radius 2 is 1.30 bits per heavy atom. The summed E-state index contributed by atoms with van der Waals surface area (Å²) in [6.07, 6.45) is 0.0833. The van der Waals surface area contributed by atoms with Gasteiger partial charge in [0.05, 0.1) is 6.42 Å². The maximum atomic E-state index is 10.0. The molecule has 0 aromatic rings. The van der Waals surface area contributed by atoms with Crippen molar-refractivity contribution in [3.63, 3.8) is 0 Å². The van der Waals surface area contributed by atoms with E-state index < -0.39 is 27.8 Å². The van der Waals surface area contributed by atoms with Crippen LogP contribution in [0, 0.1) is 27.8 Å². The Morgan fingerprint density at radius 3 is 1.30 bits per heavy atom. The van der Waals surface area contributed by atoms with Crippen LogP contribution in [-0.4, -0.2) is 11.6 Å². The van der Waals surface area contributed by atoms with Gasteiger partial charge in [-0.25, -0.2) is 0 Å². The van der Waals surface area contributed by atoms with Crippen LogP contribution in [0.2, 0.25) is 0 Å². The molecule has 0 rings (SSSR count). The van der Waals surface area contributed by atoms with Crippen molar-refractivity contribution in [3.05, 3.63) is 0 Å². The van der Waals surface area contributed by atoms with Crippen LogP contribution in [0.25, 0.3) is 0 Å². The predicted molar refractivity (Wildman–Crippen MR) is 27.4 cm³/mol. The molecule has 0 fully saturated rings. The fraction of sp³-hybridized carbons (Fsp3) is 0.600. The van der Waals surface area contributed by atoms with E-state index in [4.69, 9.17) is 4.47 Å². The molecule has 0 aliphatic rings. The monoisotopic (exact) mass is 370 g/mol. The SMILES string of the molecule is CC(=O)CC(C)=O.[O]=[U]=[O]. The Kier molecular flexibility index (Phi) is 11.4. The van der Waals surface area contributed by atoms with Crippen LogP contribution < -0.4 is 0 Å². The van der Waals surface area contributed by atoms with Crippen LogP contribution >= 0.6 is 0 Å². The number of carbonyl (C=O) groups excluding carboxylic acids is 2. The van der Waals surface area contributed by atoms with Gasteiger partial charge in [0.15, 0.2) is 0 Å². The van der Waals surface area contributed by atoms with Crippen LogP contribution in [-0.2, 0) is 14.1 Å². The van der Waals surface area contributed by atoms with Gasteiger partial charge in [-0.05, 0) is 13.8 Å². The molecule has 0 aliphatic heterocycles. The molecule has 0 aromatic heterocycles. The van der Waals surface area contributed by atoms with E-state index in [2.05, 4.69) is 0 Å². The molecule has 0 aliphatic carbocycles. The first-order valence-corrected chi connectivity index (χ1v) is 5.92. The number of ketones is 2. The summed E-state index contributed by atoms with van der Waals surface area (Å²) in [5.74, 6) is -0.125. The normalized spacial score (nSPS) is 6.60. The topological polar surface area (TPSA) is 68.3 Å². The Labute approximate surface area is 73.6 Å². The molecule has 0 heterocycles. The zero-order valence-electron chi connectivity index (χ0n) is 5.84. The Bertz CT molecular complexity index is 145. The minimum absolute atomic E-state index is 0.0625. The number of hydrogen-bond donors (Lipinski definition) is 0. The zero-order chi connectivity index (χ0) is 8.57. The van der Waals surface area contributed by atoms with Gasteiger partial charge in [-0.15, -0.1) is 0 Å². The summed E-state index contributed by atoms with van der Waals surface area (Å²) in [5.41, 5.74) is 0. The molecule has 5 heteroatoms. The van der Waals surface area contributed by atoms with Gasteiger partial charge in [0.2, 0.25) is 0 Å². The molecular formula is C5H8O4U. The molecule has 0 saturated heterocycles. The third-order valence-electron chi connectivity index (χ3n) is 0.498. The van der Waals surface area contributed by atoms with E-state index in [1.807, 2.05) is 0 Å². The van der Waals surface area contributed by atoms with Gasteiger partial charge in [0.1, 0.15) is 11.6 Å². The third kappa shape index (κ3) is 24.5. The van der Waals surface area contributed by atoms with E-state index in [1.54, 1.807) is 0 Å². The molecular weight excluding hydrogens is 362 g/mol. The minimum atomic E-state index is -2.51. The molecule has 0 radical (unpaired) electrons. The fourth-order valence-electron chi connectivity index (χ4n) is 0.351. The van der Waals surface area contributed by atoms with E-state index in [0.717, 1.165) is 0 Å². The molecule has 0 aromatic carbocycles. The molecule has 56 valence electrons. The second-order valence-electron chi connectivity index (χ2n) is 1.66. The van der Waals surface area contributed by atoms with Gasteiger partial charge in [-0.1, -0.05) is 0 Å². The first-order chi connectivity index (χ1) is 4.54. The standard InChI is InChI=1S/C5H8O2.2O.U/c1-4(6)3-5(2)7;;;/h3H2,1-2H3;;;. The van der Waals surface area contributed by atoms with Crippen LogP contribution in [0.4, 0.5) is 0 Å². The van der Waals surface area contributed by atoms with Crippen molar-refractivity contribution in [2.24, 2.45) is 0 Å². The summed E-state index contributed by atoms with van der Waals surface area (Å²) in [4.78, 5) is 20.1. The van der Waals surface area contributed by atoms with E-state index in [0.29, 0.717) is 0 Å². The second kappa shape index (κ2) is 8.99. The quantitative estimate of drug-likeness (QED) is 0.657. The summed E-state index contributed by atoms with van der Waals surface area (Å²) >= 11 is -2.51. The van der Waals surface area contributed by atoms with E-state index >= 15 is 0 Å². The zero-order valence-corrected chi connectivity index (χ0v) is 10.0. The van der Waals surface area contributed by atoms with Gasteiger partial charge in [0.25, 0.3) is 0 Å². The van der Waals surface area contributed by atoms with Crippen LogP contribution in [0.15, 0.2) is 0 Å². The van der Waals surface area contributed by atoms with Crippen molar-refractivity contribution in [2.75, 3.05) is 0 Å². The van der Waals surface area contributed by atoms with E-state index in [1.165, 1.54) is 13.8 Å². The Balaban J connectivity index is 0. The van der Waals surface area contributed by atoms with Gasteiger partial charge in [-0.2, -0.15) is 0 Å². The third-order valence-corrected chi connectivity index (χ3v) is 0.498. The molecule has 0 amide bonds.